The number of anilines is 1. The molecule has 2 heterocycles. The number of carbonyl (C=O) groups excluding carboxylic acids is 1. The third kappa shape index (κ3) is 4.30. The van der Waals surface area contributed by atoms with Gasteiger partial charge in [-0.1, -0.05) is 11.6 Å². The first-order valence-electron chi connectivity index (χ1n) is 8.06. The van der Waals surface area contributed by atoms with Gasteiger partial charge in [0.25, 0.3) is 5.91 Å². The molecule has 0 aliphatic rings. The number of H-pyrrole nitrogens is 1. The van der Waals surface area contributed by atoms with Crippen LogP contribution in [0.15, 0.2) is 34.7 Å². The van der Waals surface area contributed by atoms with Crippen LogP contribution in [-0.2, 0) is 12.8 Å². The van der Waals surface area contributed by atoms with Gasteiger partial charge in [-0.25, -0.2) is 0 Å². The Morgan fingerprint density at radius 2 is 2.04 bits per heavy atom. The highest BCUT2D eigenvalue weighted by atomic mass is 35.5. The fourth-order valence-electron chi connectivity index (χ4n) is 2.46. The number of alkyl halides is 3. The number of carbonyl (C=O) groups is 1. The average Bonchev–Trinajstić information content (AvgIpc) is 3.21. The Hall–Kier alpha value is -2.94. The first-order chi connectivity index (χ1) is 13.1. The molecule has 0 spiro atoms. The number of aromatic amines is 1. The molecule has 1 amide bonds. The van der Waals surface area contributed by atoms with Gasteiger partial charge in [-0.05, 0) is 49.7 Å². The van der Waals surface area contributed by atoms with Crippen molar-refractivity contribution in [2.24, 2.45) is 0 Å². The first kappa shape index (κ1) is 19.8. The Morgan fingerprint density at radius 1 is 1.29 bits per heavy atom. The predicted molar refractivity (Wildman–Crippen MR) is 95.5 cm³/mol. The van der Waals surface area contributed by atoms with E-state index in [2.05, 4.69) is 15.5 Å². The zero-order valence-electron chi connectivity index (χ0n) is 14.8. The lowest BCUT2D eigenvalue weighted by atomic mass is 10.2. The number of amides is 1. The van der Waals surface area contributed by atoms with E-state index < -0.39 is 23.5 Å². The van der Waals surface area contributed by atoms with Gasteiger partial charge in [-0.15, -0.1) is 0 Å². The van der Waals surface area contributed by atoms with Gasteiger partial charge < -0.3 is 14.5 Å². The van der Waals surface area contributed by atoms with Crippen molar-refractivity contribution < 1.29 is 27.1 Å². The predicted octanol–water partition coefficient (Wildman–Crippen LogP) is 5.12. The number of halogens is 4. The Balaban J connectivity index is 1.69. The maximum atomic E-state index is 13.0. The molecule has 148 valence electrons. The van der Waals surface area contributed by atoms with Crippen LogP contribution in [0.1, 0.15) is 33.3 Å². The standard InChI is InChI=1S/C18H15ClF3N3O3/c1-9-7-11(19)3-5-13(9)27-8-12-4-6-14(28-12)17(26)23-15-10(2)24-25-16(15)18(20,21)22/h3-7H,8H2,1-2H3,(H,23,26)(H,24,25). The quantitative estimate of drug-likeness (QED) is 0.608. The molecule has 0 saturated carbocycles. The van der Waals surface area contributed by atoms with Crippen LogP contribution in [-0.4, -0.2) is 16.1 Å². The molecule has 0 bridgehead atoms. The molecular weight excluding hydrogens is 399 g/mol. The zero-order chi connectivity index (χ0) is 20.5. The van der Waals surface area contributed by atoms with Crippen molar-refractivity contribution in [1.29, 1.82) is 0 Å². The Labute approximate surface area is 162 Å². The highest BCUT2D eigenvalue weighted by Gasteiger charge is 2.38. The second-order valence-corrected chi connectivity index (χ2v) is 6.42. The van der Waals surface area contributed by atoms with Crippen molar-refractivity contribution in [3.8, 4) is 5.75 Å². The minimum atomic E-state index is -4.70. The Bertz CT molecular complexity index is 1010. The molecule has 1 aromatic carbocycles. The number of aryl methyl sites for hydroxylation is 2. The molecule has 0 atom stereocenters. The second-order valence-electron chi connectivity index (χ2n) is 5.99. The summed E-state index contributed by atoms with van der Waals surface area (Å²) in [4.78, 5) is 12.3. The summed E-state index contributed by atoms with van der Waals surface area (Å²) in [6, 6.07) is 7.98. The van der Waals surface area contributed by atoms with Crippen molar-refractivity contribution in [2.75, 3.05) is 5.32 Å². The van der Waals surface area contributed by atoms with Crippen molar-refractivity contribution in [1.82, 2.24) is 10.2 Å². The van der Waals surface area contributed by atoms with Crippen LogP contribution in [0.3, 0.4) is 0 Å². The van der Waals surface area contributed by atoms with E-state index in [4.69, 9.17) is 20.8 Å². The number of nitrogens with one attached hydrogen (secondary N) is 2. The van der Waals surface area contributed by atoms with E-state index in [1.807, 2.05) is 6.92 Å². The second kappa shape index (κ2) is 7.59. The molecule has 0 radical (unpaired) electrons. The minimum Gasteiger partial charge on any atom is -0.485 e. The fraction of sp³-hybridized carbons (Fsp3) is 0.222. The molecule has 2 aromatic heterocycles. The number of ether oxygens (including phenoxy) is 1. The van der Waals surface area contributed by atoms with Gasteiger partial charge in [0.15, 0.2) is 11.5 Å². The van der Waals surface area contributed by atoms with Crippen molar-refractivity contribution in [3.05, 3.63) is 63.8 Å². The van der Waals surface area contributed by atoms with E-state index in [1.54, 1.807) is 18.2 Å². The number of hydrogen-bond donors (Lipinski definition) is 2. The van der Waals surface area contributed by atoms with E-state index in [0.29, 0.717) is 16.5 Å². The summed E-state index contributed by atoms with van der Waals surface area (Å²) in [6.07, 6.45) is -4.70. The lowest BCUT2D eigenvalue weighted by Gasteiger charge is -2.08. The van der Waals surface area contributed by atoms with Crippen LogP contribution in [0, 0.1) is 13.8 Å². The van der Waals surface area contributed by atoms with E-state index in [9.17, 15) is 18.0 Å². The number of nitrogens with zero attached hydrogens (tertiary/aromatic N) is 1. The normalized spacial score (nSPS) is 11.5. The van der Waals surface area contributed by atoms with Gasteiger partial charge >= 0.3 is 6.18 Å². The highest BCUT2D eigenvalue weighted by molar-refractivity contribution is 6.30. The van der Waals surface area contributed by atoms with E-state index in [-0.39, 0.29) is 18.1 Å². The maximum Gasteiger partial charge on any atom is 0.437 e. The first-order valence-corrected chi connectivity index (χ1v) is 8.44. The molecule has 28 heavy (non-hydrogen) atoms. The lowest BCUT2D eigenvalue weighted by molar-refractivity contribution is -0.140. The van der Waals surface area contributed by atoms with Gasteiger partial charge in [0.2, 0.25) is 0 Å². The molecule has 0 aliphatic carbocycles. The van der Waals surface area contributed by atoms with Crippen molar-refractivity contribution in [3.63, 3.8) is 0 Å². The molecule has 10 heteroatoms. The molecule has 3 aromatic rings. The molecule has 3 rings (SSSR count). The zero-order valence-corrected chi connectivity index (χ0v) is 15.5. The monoisotopic (exact) mass is 413 g/mol. The minimum absolute atomic E-state index is 0.0360. The molecule has 0 saturated heterocycles. The summed E-state index contributed by atoms with van der Waals surface area (Å²) in [5, 5.41) is 8.16. The van der Waals surface area contributed by atoms with Crippen LogP contribution in [0.4, 0.5) is 18.9 Å². The van der Waals surface area contributed by atoms with Crippen molar-refractivity contribution >= 4 is 23.2 Å². The highest BCUT2D eigenvalue weighted by Crippen LogP contribution is 2.35. The lowest BCUT2D eigenvalue weighted by Crippen LogP contribution is -2.16. The number of aromatic nitrogens is 2. The van der Waals surface area contributed by atoms with Gasteiger partial charge in [0.1, 0.15) is 18.1 Å². The third-order valence-corrected chi connectivity index (χ3v) is 4.08. The summed E-state index contributed by atoms with van der Waals surface area (Å²) in [5.41, 5.74) is -0.740. The molecule has 6 nitrogen and oxygen atoms in total. The van der Waals surface area contributed by atoms with Crippen LogP contribution in [0.2, 0.25) is 5.02 Å². The Morgan fingerprint density at radius 3 is 2.71 bits per heavy atom. The molecule has 0 fully saturated rings. The summed E-state index contributed by atoms with van der Waals surface area (Å²) < 4.78 is 49.8. The van der Waals surface area contributed by atoms with E-state index >= 15 is 0 Å². The van der Waals surface area contributed by atoms with Gasteiger partial charge in [0.05, 0.1) is 11.4 Å². The van der Waals surface area contributed by atoms with E-state index in [0.717, 1.165) is 5.56 Å². The van der Waals surface area contributed by atoms with E-state index in [1.165, 1.54) is 19.1 Å². The smallest absolute Gasteiger partial charge is 0.437 e. The van der Waals surface area contributed by atoms with Gasteiger partial charge in [-0.3, -0.25) is 9.89 Å². The van der Waals surface area contributed by atoms with Crippen LogP contribution in [0.25, 0.3) is 0 Å². The summed E-state index contributed by atoms with van der Waals surface area (Å²) in [6.45, 7) is 3.23. The number of rotatable bonds is 5. The summed E-state index contributed by atoms with van der Waals surface area (Å²) >= 11 is 5.89. The number of benzene rings is 1. The number of furan rings is 1. The fourth-order valence-corrected chi connectivity index (χ4v) is 2.69. The average molecular weight is 414 g/mol. The summed E-state index contributed by atoms with van der Waals surface area (Å²) in [7, 11) is 0. The Kier molecular flexibility index (Phi) is 5.37. The molecule has 0 aliphatic heterocycles. The summed E-state index contributed by atoms with van der Waals surface area (Å²) in [5.74, 6) is -0.0563. The van der Waals surface area contributed by atoms with Crippen LogP contribution >= 0.6 is 11.6 Å². The van der Waals surface area contributed by atoms with Crippen molar-refractivity contribution in [2.45, 2.75) is 26.6 Å². The van der Waals surface area contributed by atoms with Crippen LogP contribution < -0.4 is 10.1 Å². The maximum absolute atomic E-state index is 13.0. The molecule has 0 unspecified atom stereocenters. The van der Waals surface area contributed by atoms with Gasteiger partial charge in [0, 0.05) is 5.02 Å². The molecule has 2 N–H and O–H groups in total. The largest absolute Gasteiger partial charge is 0.485 e. The van der Waals surface area contributed by atoms with Crippen LogP contribution in [0.5, 0.6) is 5.75 Å². The SMILES string of the molecule is Cc1cc(Cl)ccc1OCc1ccc(C(=O)Nc2c(C(F)(F)F)n[nH]c2C)o1. The third-order valence-electron chi connectivity index (χ3n) is 3.85. The molecular formula is C18H15ClF3N3O3. The number of hydrogen-bond acceptors (Lipinski definition) is 4. The van der Waals surface area contributed by atoms with Gasteiger partial charge in [-0.2, -0.15) is 18.3 Å². The topological polar surface area (TPSA) is 80.1 Å².